The Bertz CT molecular complexity index is 1050. The summed E-state index contributed by atoms with van der Waals surface area (Å²) in [6, 6.07) is 4.72. The van der Waals surface area contributed by atoms with Crippen molar-refractivity contribution in [2.75, 3.05) is 46.4 Å². The lowest BCUT2D eigenvalue weighted by atomic mass is 9.97. The molecule has 0 saturated carbocycles. The third-order valence-electron chi connectivity index (χ3n) is 7.23. The zero-order chi connectivity index (χ0) is 27.8. The molecule has 3 rings (SSSR count). The zero-order valence-corrected chi connectivity index (χ0v) is 22.7. The van der Waals surface area contributed by atoms with Gasteiger partial charge in [-0.1, -0.05) is 32.4 Å². The predicted octanol–water partition coefficient (Wildman–Crippen LogP) is 0.638. The van der Waals surface area contributed by atoms with Gasteiger partial charge < -0.3 is 30.1 Å². The molecule has 0 spiro atoms. The topological polar surface area (TPSA) is 128 Å². The van der Waals surface area contributed by atoms with Gasteiger partial charge in [0.1, 0.15) is 24.4 Å². The van der Waals surface area contributed by atoms with Crippen molar-refractivity contribution in [2.24, 2.45) is 5.92 Å². The van der Waals surface area contributed by atoms with Gasteiger partial charge in [0.05, 0.1) is 18.5 Å². The largest absolute Gasteiger partial charge is 0.491 e. The van der Waals surface area contributed by atoms with Crippen LogP contribution in [0.5, 0.6) is 5.75 Å². The number of nitrogens with one attached hydrogen (secondary N) is 2. The van der Waals surface area contributed by atoms with Gasteiger partial charge in [-0.15, -0.1) is 0 Å². The van der Waals surface area contributed by atoms with E-state index in [-0.39, 0.29) is 42.9 Å². The number of hydrogen-bond donors (Lipinski definition) is 2. The fourth-order valence-electron chi connectivity index (χ4n) is 4.63. The molecule has 0 radical (unpaired) electrons. The Balaban J connectivity index is 1.91. The van der Waals surface area contributed by atoms with E-state index in [0.717, 1.165) is 0 Å². The van der Waals surface area contributed by atoms with E-state index in [9.17, 15) is 24.0 Å². The first kappa shape index (κ1) is 28.9. The monoisotopic (exact) mass is 529 g/mol. The number of benzene rings is 1. The van der Waals surface area contributed by atoms with Gasteiger partial charge in [0.25, 0.3) is 5.91 Å². The van der Waals surface area contributed by atoms with Crippen LogP contribution in [-0.2, 0) is 19.2 Å². The second-order valence-corrected chi connectivity index (χ2v) is 9.95. The van der Waals surface area contributed by atoms with Gasteiger partial charge in [-0.2, -0.15) is 0 Å². The Hall–Kier alpha value is -3.63. The van der Waals surface area contributed by atoms with Crippen LogP contribution in [0.4, 0.5) is 0 Å². The highest BCUT2D eigenvalue weighted by atomic mass is 16.5. The Morgan fingerprint density at radius 3 is 2.42 bits per heavy atom. The molecule has 1 saturated heterocycles. The van der Waals surface area contributed by atoms with E-state index < -0.39 is 29.8 Å². The Morgan fingerprint density at radius 2 is 1.71 bits per heavy atom. The summed E-state index contributed by atoms with van der Waals surface area (Å²) in [7, 11) is 1.65. The number of para-hydroxylation sites is 1. The van der Waals surface area contributed by atoms with E-state index in [4.69, 9.17) is 4.74 Å². The van der Waals surface area contributed by atoms with Crippen LogP contribution in [0.2, 0.25) is 0 Å². The molecule has 2 aliphatic heterocycles. The average molecular weight is 530 g/mol. The summed E-state index contributed by atoms with van der Waals surface area (Å²) in [5.74, 6) is -1.57. The minimum atomic E-state index is -1.16. The van der Waals surface area contributed by atoms with E-state index >= 15 is 0 Å². The van der Waals surface area contributed by atoms with Gasteiger partial charge in [0.2, 0.25) is 23.6 Å². The number of amides is 5. The number of fused-ring (bicyclic) bond motifs is 1. The molecular weight excluding hydrogens is 490 g/mol. The molecule has 3 atom stereocenters. The molecule has 208 valence electrons. The van der Waals surface area contributed by atoms with Crippen molar-refractivity contribution in [1.29, 1.82) is 0 Å². The van der Waals surface area contributed by atoms with Crippen LogP contribution >= 0.6 is 0 Å². The van der Waals surface area contributed by atoms with Crippen LogP contribution < -0.4 is 15.4 Å². The van der Waals surface area contributed by atoms with Gasteiger partial charge in [0.15, 0.2) is 0 Å². The summed E-state index contributed by atoms with van der Waals surface area (Å²) in [5, 5.41) is 5.55. The van der Waals surface area contributed by atoms with Crippen LogP contribution in [0.25, 0.3) is 0 Å². The van der Waals surface area contributed by atoms with Crippen LogP contribution in [0.3, 0.4) is 0 Å². The lowest BCUT2D eigenvalue weighted by Gasteiger charge is -2.30. The van der Waals surface area contributed by atoms with Crippen LogP contribution in [-0.4, -0.2) is 103 Å². The Kier molecular flexibility index (Phi) is 10.1. The SMILES string of the molecule is CC[C@H](C)[C@@H]1NC(=O)C[C@@H](C(=O)N2CCCN(C(C)=O)CC2)NC(=O)c2ccccc2OCCN(C)C1=O. The maximum Gasteiger partial charge on any atom is 0.255 e. The first-order valence-electron chi connectivity index (χ1n) is 13.2. The van der Waals surface area contributed by atoms with E-state index in [2.05, 4.69) is 10.6 Å². The maximum absolute atomic E-state index is 13.6. The fourth-order valence-corrected chi connectivity index (χ4v) is 4.63. The van der Waals surface area contributed by atoms with Crippen molar-refractivity contribution < 1.29 is 28.7 Å². The molecule has 5 amide bonds. The number of likely N-dealkylation sites (N-methyl/N-ethyl adjacent to an activating group) is 1. The molecular formula is C27H39N5O6. The highest BCUT2D eigenvalue weighted by Crippen LogP contribution is 2.19. The highest BCUT2D eigenvalue weighted by molar-refractivity contribution is 6.01. The molecule has 2 N–H and O–H groups in total. The molecule has 1 fully saturated rings. The summed E-state index contributed by atoms with van der Waals surface area (Å²) < 4.78 is 5.85. The zero-order valence-electron chi connectivity index (χ0n) is 22.7. The Morgan fingerprint density at radius 1 is 1.03 bits per heavy atom. The normalized spacial score (nSPS) is 22.7. The number of carbonyl (C=O) groups excluding carboxylic acids is 5. The fraction of sp³-hybridized carbons (Fsp3) is 0.593. The van der Waals surface area contributed by atoms with E-state index in [0.29, 0.717) is 44.8 Å². The molecule has 2 heterocycles. The molecule has 0 unspecified atom stereocenters. The number of ether oxygens (including phenoxy) is 1. The molecule has 0 aliphatic carbocycles. The minimum absolute atomic E-state index is 0.0627. The third kappa shape index (κ3) is 7.23. The van der Waals surface area contributed by atoms with Gasteiger partial charge >= 0.3 is 0 Å². The van der Waals surface area contributed by atoms with Crippen LogP contribution in [0.15, 0.2) is 24.3 Å². The molecule has 11 heteroatoms. The van der Waals surface area contributed by atoms with E-state index in [1.807, 2.05) is 13.8 Å². The predicted molar refractivity (Wildman–Crippen MR) is 140 cm³/mol. The number of carbonyl (C=O) groups is 5. The van der Waals surface area contributed by atoms with Crippen molar-refractivity contribution in [1.82, 2.24) is 25.3 Å². The van der Waals surface area contributed by atoms with E-state index in [1.165, 1.54) is 11.8 Å². The molecule has 2 aliphatic rings. The summed E-state index contributed by atoms with van der Waals surface area (Å²) in [4.78, 5) is 70.0. The number of hydrogen-bond acceptors (Lipinski definition) is 6. The third-order valence-corrected chi connectivity index (χ3v) is 7.23. The summed E-state index contributed by atoms with van der Waals surface area (Å²) >= 11 is 0. The standard InChI is InChI=1S/C27H39N5O6/c1-5-18(2)24-27(37)30(4)15-16-38-22-10-7-6-9-20(22)25(35)28-21(17-23(34)29-24)26(36)32-12-8-11-31(13-14-32)19(3)33/h6-7,9-10,18,21,24H,5,8,11-17H2,1-4H3,(H,28,35)(H,29,34)/t18-,21-,24-/m0/s1. The summed E-state index contributed by atoms with van der Waals surface area (Å²) in [5.41, 5.74) is 0.229. The van der Waals surface area contributed by atoms with Crippen molar-refractivity contribution in [2.45, 2.75) is 52.1 Å². The van der Waals surface area contributed by atoms with Gasteiger partial charge in [-0.25, -0.2) is 0 Å². The molecule has 11 nitrogen and oxygen atoms in total. The number of nitrogens with zero attached hydrogens (tertiary/aromatic N) is 3. The van der Waals surface area contributed by atoms with E-state index in [1.54, 1.807) is 41.1 Å². The second kappa shape index (κ2) is 13.3. The van der Waals surface area contributed by atoms with Crippen LogP contribution in [0, 0.1) is 5.92 Å². The lowest BCUT2D eigenvalue weighted by molar-refractivity contribution is -0.139. The van der Waals surface area contributed by atoms with Crippen LogP contribution in [0.1, 0.15) is 50.4 Å². The first-order valence-corrected chi connectivity index (χ1v) is 13.2. The Labute approximate surface area is 223 Å². The number of rotatable bonds is 3. The average Bonchev–Trinajstić information content (AvgIpc) is 3.16. The van der Waals surface area contributed by atoms with Crippen molar-refractivity contribution >= 4 is 29.5 Å². The van der Waals surface area contributed by atoms with Gasteiger partial charge in [0, 0.05) is 40.2 Å². The minimum Gasteiger partial charge on any atom is -0.491 e. The summed E-state index contributed by atoms with van der Waals surface area (Å²) in [6.45, 7) is 7.34. The van der Waals surface area contributed by atoms with Crippen molar-refractivity contribution in [3.05, 3.63) is 29.8 Å². The second-order valence-electron chi connectivity index (χ2n) is 9.95. The lowest BCUT2D eigenvalue weighted by Crippen LogP contribution is -2.55. The van der Waals surface area contributed by atoms with Gasteiger partial charge in [-0.3, -0.25) is 24.0 Å². The smallest absolute Gasteiger partial charge is 0.255 e. The first-order chi connectivity index (χ1) is 18.1. The quantitative estimate of drug-likeness (QED) is 0.591. The van der Waals surface area contributed by atoms with Crippen molar-refractivity contribution in [3.63, 3.8) is 0 Å². The van der Waals surface area contributed by atoms with Crippen molar-refractivity contribution in [3.8, 4) is 5.75 Å². The highest BCUT2D eigenvalue weighted by Gasteiger charge is 2.34. The molecule has 0 aromatic heterocycles. The molecule has 38 heavy (non-hydrogen) atoms. The van der Waals surface area contributed by atoms with Gasteiger partial charge in [-0.05, 0) is 24.5 Å². The molecule has 1 aromatic rings. The summed E-state index contributed by atoms with van der Waals surface area (Å²) in [6.07, 6.45) is 0.921. The molecule has 0 bridgehead atoms. The maximum atomic E-state index is 13.6. The molecule has 1 aromatic carbocycles.